The number of hydrogen-bond donors (Lipinski definition) is 0. The zero-order valence-corrected chi connectivity index (χ0v) is 14.1. The summed E-state index contributed by atoms with van der Waals surface area (Å²) in [6, 6.07) is 9.96. The van der Waals surface area contributed by atoms with Gasteiger partial charge in [-0.15, -0.1) is 5.10 Å². The molecule has 0 radical (unpaired) electrons. The summed E-state index contributed by atoms with van der Waals surface area (Å²) < 4.78 is 26.4. The van der Waals surface area contributed by atoms with Crippen LogP contribution in [0.3, 0.4) is 0 Å². The first kappa shape index (κ1) is 16.1. The largest absolute Gasteiger partial charge is 0.292 e. The van der Waals surface area contributed by atoms with Crippen molar-refractivity contribution in [3.8, 4) is 5.69 Å². The second-order valence-corrected chi connectivity index (χ2v) is 7.78. The quantitative estimate of drug-likeness (QED) is 0.830. The van der Waals surface area contributed by atoms with Crippen molar-refractivity contribution in [2.24, 2.45) is 0 Å². The Hall–Kier alpha value is -1.77. The number of sulfonamides is 1. The van der Waals surface area contributed by atoms with Gasteiger partial charge >= 0.3 is 0 Å². The summed E-state index contributed by atoms with van der Waals surface area (Å²) in [6.45, 7) is 4.53. The van der Waals surface area contributed by atoms with E-state index in [2.05, 4.69) is 22.1 Å². The van der Waals surface area contributed by atoms with Crippen LogP contribution in [0.2, 0.25) is 0 Å². The first-order valence-corrected chi connectivity index (χ1v) is 9.47. The van der Waals surface area contributed by atoms with Crippen molar-refractivity contribution in [1.29, 1.82) is 0 Å². The molecule has 124 valence electrons. The zero-order chi connectivity index (χ0) is 16.4. The number of aromatic nitrogens is 3. The summed E-state index contributed by atoms with van der Waals surface area (Å²) >= 11 is 0. The third-order valence-corrected chi connectivity index (χ3v) is 5.55. The molecule has 3 rings (SSSR count). The molecule has 7 nitrogen and oxygen atoms in total. The van der Waals surface area contributed by atoms with Crippen molar-refractivity contribution in [3.63, 3.8) is 0 Å². The summed E-state index contributed by atoms with van der Waals surface area (Å²) in [7, 11) is -3.10. The monoisotopic (exact) mass is 335 g/mol. The van der Waals surface area contributed by atoms with Gasteiger partial charge in [-0.25, -0.2) is 13.1 Å². The van der Waals surface area contributed by atoms with Crippen LogP contribution in [0, 0.1) is 0 Å². The summed E-state index contributed by atoms with van der Waals surface area (Å²) in [4.78, 5) is 2.24. The molecule has 1 aliphatic heterocycles. The van der Waals surface area contributed by atoms with Crippen LogP contribution in [0.15, 0.2) is 36.5 Å². The van der Waals surface area contributed by atoms with Crippen molar-refractivity contribution in [3.05, 3.63) is 42.2 Å². The fourth-order valence-electron chi connectivity index (χ4n) is 2.78. The lowest BCUT2D eigenvalue weighted by molar-refractivity contribution is 0.144. The van der Waals surface area contributed by atoms with Crippen LogP contribution in [-0.4, -0.2) is 65.1 Å². The standard InChI is InChI=1S/C15H21N5O2S/c1-13(18-8-10-19(11-9-18)23(2,21)22)15-12-20(17-16-15)14-6-4-3-5-7-14/h3-7,12-13H,8-11H2,1-2H3. The van der Waals surface area contributed by atoms with Crippen molar-refractivity contribution < 1.29 is 8.42 Å². The SMILES string of the molecule is CC(c1cn(-c2ccccc2)nn1)N1CCN(S(C)(=O)=O)CC1. The van der Waals surface area contributed by atoms with Gasteiger partial charge in [0.15, 0.2) is 0 Å². The van der Waals surface area contributed by atoms with Gasteiger partial charge in [0.2, 0.25) is 10.0 Å². The molecule has 0 saturated carbocycles. The van der Waals surface area contributed by atoms with E-state index in [1.807, 2.05) is 36.5 Å². The van der Waals surface area contributed by atoms with Crippen molar-refractivity contribution in [1.82, 2.24) is 24.2 Å². The van der Waals surface area contributed by atoms with Crippen LogP contribution >= 0.6 is 0 Å². The highest BCUT2D eigenvalue weighted by Crippen LogP contribution is 2.21. The molecule has 2 heterocycles. The molecule has 1 aromatic heterocycles. The van der Waals surface area contributed by atoms with Crippen LogP contribution < -0.4 is 0 Å². The second kappa shape index (κ2) is 6.38. The van der Waals surface area contributed by atoms with Crippen molar-refractivity contribution >= 4 is 10.0 Å². The van der Waals surface area contributed by atoms with E-state index in [9.17, 15) is 8.42 Å². The molecular weight excluding hydrogens is 314 g/mol. The molecule has 1 aromatic carbocycles. The number of nitrogens with zero attached hydrogens (tertiary/aromatic N) is 5. The molecule has 2 aromatic rings. The maximum Gasteiger partial charge on any atom is 0.211 e. The predicted octanol–water partition coefficient (Wildman–Crippen LogP) is 0.905. The van der Waals surface area contributed by atoms with E-state index in [0.717, 1.165) is 11.4 Å². The molecule has 1 atom stereocenters. The Morgan fingerprint density at radius 3 is 2.35 bits per heavy atom. The van der Waals surface area contributed by atoms with E-state index >= 15 is 0 Å². The molecule has 1 saturated heterocycles. The molecule has 1 fully saturated rings. The third kappa shape index (κ3) is 3.60. The van der Waals surface area contributed by atoms with Gasteiger partial charge in [-0.05, 0) is 19.1 Å². The average molecular weight is 335 g/mol. The lowest BCUT2D eigenvalue weighted by atomic mass is 10.2. The van der Waals surface area contributed by atoms with E-state index in [0.29, 0.717) is 26.2 Å². The van der Waals surface area contributed by atoms with Crippen molar-refractivity contribution in [2.75, 3.05) is 32.4 Å². The Labute approximate surface area is 136 Å². The summed E-state index contributed by atoms with van der Waals surface area (Å²) in [6.07, 6.45) is 3.19. The number of piperazine rings is 1. The lowest BCUT2D eigenvalue weighted by Crippen LogP contribution is -2.48. The number of hydrogen-bond acceptors (Lipinski definition) is 5. The Bertz CT molecular complexity index is 751. The molecule has 23 heavy (non-hydrogen) atoms. The molecular formula is C15H21N5O2S. The molecule has 0 N–H and O–H groups in total. The first-order valence-electron chi connectivity index (χ1n) is 7.62. The average Bonchev–Trinajstić information content (AvgIpc) is 3.04. The van der Waals surface area contributed by atoms with E-state index in [4.69, 9.17) is 0 Å². The highest BCUT2D eigenvalue weighted by atomic mass is 32.2. The third-order valence-electron chi connectivity index (χ3n) is 4.25. The van der Waals surface area contributed by atoms with Crippen LogP contribution in [0.5, 0.6) is 0 Å². The van der Waals surface area contributed by atoms with Gasteiger partial charge in [0.1, 0.15) is 0 Å². The Morgan fingerprint density at radius 2 is 1.74 bits per heavy atom. The second-order valence-electron chi connectivity index (χ2n) is 5.80. The maximum absolute atomic E-state index is 11.6. The van der Waals surface area contributed by atoms with Gasteiger partial charge in [-0.1, -0.05) is 23.4 Å². The van der Waals surface area contributed by atoms with Gasteiger partial charge in [0.05, 0.1) is 29.9 Å². The number of benzene rings is 1. The van der Waals surface area contributed by atoms with Crippen LogP contribution in [0.1, 0.15) is 18.7 Å². The van der Waals surface area contributed by atoms with Gasteiger partial charge in [-0.2, -0.15) is 4.31 Å². The van der Waals surface area contributed by atoms with Gasteiger partial charge < -0.3 is 0 Å². The van der Waals surface area contributed by atoms with E-state index in [-0.39, 0.29) is 6.04 Å². The van der Waals surface area contributed by atoms with Crippen LogP contribution in [0.25, 0.3) is 5.69 Å². The van der Waals surface area contributed by atoms with Gasteiger partial charge in [0.25, 0.3) is 0 Å². The van der Waals surface area contributed by atoms with E-state index < -0.39 is 10.0 Å². The predicted molar refractivity (Wildman–Crippen MR) is 87.8 cm³/mol. The lowest BCUT2D eigenvalue weighted by Gasteiger charge is -2.36. The topological polar surface area (TPSA) is 71.3 Å². The Kier molecular flexibility index (Phi) is 4.47. The van der Waals surface area contributed by atoms with E-state index in [1.165, 1.54) is 10.6 Å². The normalized spacial score (nSPS) is 18.9. The minimum absolute atomic E-state index is 0.106. The smallest absolute Gasteiger partial charge is 0.211 e. The van der Waals surface area contributed by atoms with Crippen LogP contribution in [-0.2, 0) is 10.0 Å². The highest BCUT2D eigenvalue weighted by Gasteiger charge is 2.27. The van der Waals surface area contributed by atoms with Crippen LogP contribution in [0.4, 0.5) is 0 Å². The molecule has 0 bridgehead atoms. The zero-order valence-electron chi connectivity index (χ0n) is 13.3. The van der Waals surface area contributed by atoms with Gasteiger partial charge in [0, 0.05) is 26.2 Å². The Balaban J connectivity index is 1.68. The van der Waals surface area contributed by atoms with Crippen molar-refractivity contribution in [2.45, 2.75) is 13.0 Å². The molecule has 0 aliphatic carbocycles. The molecule has 1 aliphatic rings. The van der Waals surface area contributed by atoms with E-state index in [1.54, 1.807) is 4.68 Å². The number of rotatable bonds is 4. The maximum atomic E-state index is 11.6. The summed E-state index contributed by atoms with van der Waals surface area (Å²) in [5.74, 6) is 0. The molecule has 8 heteroatoms. The minimum Gasteiger partial charge on any atom is -0.292 e. The fourth-order valence-corrected chi connectivity index (χ4v) is 3.61. The summed E-state index contributed by atoms with van der Waals surface area (Å²) in [5.41, 5.74) is 1.86. The fraction of sp³-hybridized carbons (Fsp3) is 0.467. The molecule has 1 unspecified atom stereocenters. The minimum atomic E-state index is -3.10. The molecule has 0 amide bonds. The Morgan fingerprint density at radius 1 is 1.09 bits per heavy atom. The molecule has 0 spiro atoms. The first-order chi connectivity index (χ1) is 10.9. The summed E-state index contributed by atoms with van der Waals surface area (Å²) in [5, 5.41) is 8.47. The highest BCUT2D eigenvalue weighted by molar-refractivity contribution is 7.88. The number of para-hydroxylation sites is 1. The van der Waals surface area contributed by atoms with Gasteiger partial charge in [-0.3, -0.25) is 4.90 Å².